The van der Waals surface area contributed by atoms with Crippen molar-refractivity contribution in [3.63, 3.8) is 0 Å². The largest absolute Gasteiger partial charge is 0.354 e. The first-order valence-corrected chi connectivity index (χ1v) is 7.17. The van der Waals surface area contributed by atoms with Gasteiger partial charge in [-0.15, -0.1) is 0 Å². The Morgan fingerprint density at radius 3 is 2.05 bits per heavy atom. The quantitative estimate of drug-likeness (QED) is 0.800. The molecule has 6 heteroatoms. The Morgan fingerprint density at radius 2 is 1.60 bits per heavy atom. The summed E-state index contributed by atoms with van der Waals surface area (Å²) in [5.41, 5.74) is 0.184. The number of hydrogen-bond acceptors (Lipinski definition) is 6. The van der Waals surface area contributed by atoms with Gasteiger partial charge in [-0.2, -0.15) is 15.0 Å². The van der Waals surface area contributed by atoms with Gasteiger partial charge in [0.05, 0.1) is 0 Å². The molecule has 0 aromatic carbocycles. The molecule has 0 aliphatic heterocycles. The SMILES string of the molecule is CCNc1nc(NCC(C)(C)C(C)C)nc(N(C)C)n1. The average molecular weight is 280 g/mol. The first-order valence-electron chi connectivity index (χ1n) is 7.17. The normalized spacial score (nSPS) is 11.6. The summed E-state index contributed by atoms with van der Waals surface area (Å²) in [6, 6.07) is 0. The molecule has 1 aromatic heterocycles. The van der Waals surface area contributed by atoms with E-state index in [9.17, 15) is 0 Å². The van der Waals surface area contributed by atoms with E-state index in [4.69, 9.17) is 0 Å². The van der Waals surface area contributed by atoms with Gasteiger partial charge >= 0.3 is 0 Å². The molecule has 0 bridgehead atoms. The van der Waals surface area contributed by atoms with Crippen LogP contribution in [0.4, 0.5) is 17.8 Å². The molecule has 2 N–H and O–H groups in total. The minimum Gasteiger partial charge on any atom is -0.354 e. The molecule has 0 atom stereocenters. The van der Waals surface area contributed by atoms with Crippen molar-refractivity contribution < 1.29 is 0 Å². The summed E-state index contributed by atoms with van der Waals surface area (Å²) in [7, 11) is 3.85. The summed E-state index contributed by atoms with van der Waals surface area (Å²) >= 11 is 0. The fourth-order valence-electron chi connectivity index (χ4n) is 1.39. The van der Waals surface area contributed by atoms with Gasteiger partial charge in [0.2, 0.25) is 17.8 Å². The first kappa shape index (κ1) is 16.5. The van der Waals surface area contributed by atoms with E-state index >= 15 is 0 Å². The summed E-state index contributed by atoms with van der Waals surface area (Å²) < 4.78 is 0. The molecule has 114 valence electrons. The number of nitrogens with one attached hydrogen (secondary N) is 2. The first-order chi connectivity index (χ1) is 9.26. The van der Waals surface area contributed by atoms with Crippen LogP contribution in [0.3, 0.4) is 0 Å². The van der Waals surface area contributed by atoms with Gasteiger partial charge in [-0.3, -0.25) is 0 Å². The smallest absolute Gasteiger partial charge is 0.231 e. The highest BCUT2D eigenvalue weighted by Crippen LogP contribution is 2.26. The predicted molar refractivity (Wildman–Crippen MR) is 85.4 cm³/mol. The third kappa shape index (κ3) is 4.51. The number of nitrogens with zero attached hydrogens (tertiary/aromatic N) is 4. The second kappa shape index (κ2) is 6.72. The van der Waals surface area contributed by atoms with Crippen LogP contribution in [0.15, 0.2) is 0 Å². The van der Waals surface area contributed by atoms with Gasteiger partial charge in [-0.05, 0) is 18.3 Å². The van der Waals surface area contributed by atoms with Gasteiger partial charge in [0, 0.05) is 27.2 Å². The minimum atomic E-state index is 0.184. The van der Waals surface area contributed by atoms with Crippen LogP contribution < -0.4 is 15.5 Å². The van der Waals surface area contributed by atoms with E-state index in [-0.39, 0.29) is 5.41 Å². The Hall–Kier alpha value is -1.59. The van der Waals surface area contributed by atoms with Crippen molar-refractivity contribution in [2.45, 2.75) is 34.6 Å². The van der Waals surface area contributed by atoms with Gasteiger partial charge < -0.3 is 15.5 Å². The summed E-state index contributed by atoms with van der Waals surface area (Å²) in [5, 5.41) is 6.47. The van der Waals surface area contributed by atoms with Gasteiger partial charge in [-0.1, -0.05) is 27.7 Å². The van der Waals surface area contributed by atoms with Crippen LogP contribution in [0.1, 0.15) is 34.6 Å². The fraction of sp³-hybridized carbons (Fsp3) is 0.786. The molecule has 0 aliphatic carbocycles. The van der Waals surface area contributed by atoms with E-state index in [0.717, 1.165) is 13.1 Å². The zero-order chi connectivity index (χ0) is 15.3. The van der Waals surface area contributed by atoms with Crippen molar-refractivity contribution in [3.8, 4) is 0 Å². The zero-order valence-corrected chi connectivity index (χ0v) is 13.8. The topological polar surface area (TPSA) is 66.0 Å². The molecule has 0 amide bonds. The zero-order valence-electron chi connectivity index (χ0n) is 13.8. The lowest BCUT2D eigenvalue weighted by molar-refractivity contribution is 0.269. The monoisotopic (exact) mass is 280 g/mol. The standard InChI is InChI=1S/C14H28N6/c1-8-15-11-17-12(19-13(18-11)20(6)7)16-9-14(4,5)10(2)3/h10H,8-9H2,1-7H3,(H2,15,16,17,18,19). The lowest BCUT2D eigenvalue weighted by Gasteiger charge is -2.29. The van der Waals surface area contributed by atoms with Crippen LogP contribution in [0.25, 0.3) is 0 Å². The molecule has 0 saturated heterocycles. The number of rotatable bonds is 7. The lowest BCUT2D eigenvalue weighted by Crippen LogP contribution is -2.29. The van der Waals surface area contributed by atoms with Crippen LogP contribution in [-0.2, 0) is 0 Å². The molecular weight excluding hydrogens is 252 g/mol. The van der Waals surface area contributed by atoms with Gasteiger partial charge in [0.15, 0.2) is 0 Å². The second-order valence-electron chi connectivity index (χ2n) is 6.20. The minimum absolute atomic E-state index is 0.184. The van der Waals surface area contributed by atoms with Gasteiger partial charge in [0.1, 0.15) is 0 Å². The Balaban J connectivity index is 2.88. The molecule has 0 fully saturated rings. The Bertz CT molecular complexity index is 428. The highest BCUT2D eigenvalue weighted by Gasteiger charge is 2.22. The molecule has 0 unspecified atom stereocenters. The van der Waals surface area contributed by atoms with Crippen molar-refractivity contribution in [2.24, 2.45) is 11.3 Å². The number of hydrogen-bond donors (Lipinski definition) is 2. The van der Waals surface area contributed by atoms with E-state index in [0.29, 0.717) is 23.8 Å². The van der Waals surface area contributed by atoms with E-state index in [1.165, 1.54) is 0 Å². The van der Waals surface area contributed by atoms with Gasteiger partial charge in [0.25, 0.3) is 0 Å². The third-order valence-electron chi connectivity index (χ3n) is 3.62. The van der Waals surface area contributed by atoms with Crippen molar-refractivity contribution in [2.75, 3.05) is 42.7 Å². The fourth-order valence-corrected chi connectivity index (χ4v) is 1.39. The summed E-state index contributed by atoms with van der Waals surface area (Å²) in [5.74, 6) is 2.46. The third-order valence-corrected chi connectivity index (χ3v) is 3.62. The molecule has 0 radical (unpaired) electrons. The highest BCUT2D eigenvalue weighted by molar-refractivity contribution is 5.42. The Kier molecular flexibility index (Phi) is 5.53. The molecular formula is C14H28N6. The van der Waals surface area contributed by atoms with Crippen molar-refractivity contribution in [1.29, 1.82) is 0 Å². The maximum absolute atomic E-state index is 4.43. The molecule has 0 aliphatic rings. The molecule has 1 heterocycles. The second-order valence-corrected chi connectivity index (χ2v) is 6.20. The molecule has 6 nitrogen and oxygen atoms in total. The van der Waals surface area contributed by atoms with Crippen molar-refractivity contribution in [1.82, 2.24) is 15.0 Å². The van der Waals surface area contributed by atoms with E-state index in [2.05, 4.69) is 53.3 Å². The van der Waals surface area contributed by atoms with E-state index < -0.39 is 0 Å². The predicted octanol–water partition coefficient (Wildman–Crippen LogP) is 2.46. The van der Waals surface area contributed by atoms with Crippen LogP contribution >= 0.6 is 0 Å². The number of aromatic nitrogens is 3. The maximum Gasteiger partial charge on any atom is 0.231 e. The van der Waals surface area contributed by atoms with Crippen LogP contribution in [-0.4, -0.2) is 42.1 Å². The molecule has 1 rings (SSSR count). The Morgan fingerprint density at radius 1 is 1.05 bits per heavy atom. The molecule has 20 heavy (non-hydrogen) atoms. The van der Waals surface area contributed by atoms with Gasteiger partial charge in [-0.25, -0.2) is 0 Å². The molecule has 0 spiro atoms. The average Bonchev–Trinajstić information content (AvgIpc) is 2.36. The number of anilines is 3. The van der Waals surface area contributed by atoms with Crippen molar-refractivity contribution >= 4 is 17.8 Å². The molecule has 1 aromatic rings. The van der Waals surface area contributed by atoms with E-state index in [1.54, 1.807) is 0 Å². The summed E-state index contributed by atoms with van der Waals surface area (Å²) in [4.78, 5) is 15.1. The van der Waals surface area contributed by atoms with Crippen molar-refractivity contribution in [3.05, 3.63) is 0 Å². The summed E-state index contributed by atoms with van der Waals surface area (Å²) in [6.07, 6.45) is 0. The van der Waals surface area contributed by atoms with E-state index in [1.807, 2.05) is 25.9 Å². The van der Waals surface area contributed by atoms with Crippen LogP contribution in [0, 0.1) is 11.3 Å². The summed E-state index contributed by atoms with van der Waals surface area (Å²) in [6.45, 7) is 12.6. The lowest BCUT2D eigenvalue weighted by atomic mass is 9.81. The Labute approximate surface area is 122 Å². The maximum atomic E-state index is 4.43. The highest BCUT2D eigenvalue weighted by atomic mass is 15.3. The molecule has 0 saturated carbocycles. The van der Waals surface area contributed by atoms with Crippen LogP contribution in [0.5, 0.6) is 0 Å². The van der Waals surface area contributed by atoms with Crippen LogP contribution in [0.2, 0.25) is 0 Å².